The zero-order chi connectivity index (χ0) is 22.8. The van der Waals surface area contributed by atoms with Crippen LogP contribution < -0.4 is 14.8 Å². The van der Waals surface area contributed by atoms with E-state index in [9.17, 15) is 9.59 Å². The topological polar surface area (TPSA) is 86.3 Å². The Hall–Kier alpha value is -3.10. The lowest BCUT2D eigenvalue weighted by Crippen LogP contribution is -2.47. The van der Waals surface area contributed by atoms with Gasteiger partial charge in [0, 0.05) is 26.2 Å². The fraction of sp³-hybridized carbons (Fsp3) is 0.417. The van der Waals surface area contributed by atoms with Crippen molar-refractivity contribution in [3.8, 4) is 11.5 Å². The number of rotatable bonds is 10. The predicted octanol–water partition coefficient (Wildman–Crippen LogP) is 2.27. The first-order valence-corrected chi connectivity index (χ1v) is 10.7. The fourth-order valence-corrected chi connectivity index (χ4v) is 3.45. The maximum Gasteiger partial charge on any atom is 0.338 e. The Balaban J connectivity index is 1.41. The van der Waals surface area contributed by atoms with E-state index in [0.29, 0.717) is 31.3 Å². The van der Waals surface area contributed by atoms with Gasteiger partial charge in [-0.05, 0) is 30.7 Å². The van der Waals surface area contributed by atoms with Crippen molar-refractivity contribution in [2.45, 2.75) is 19.6 Å². The van der Waals surface area contributed by atoms with Crippen molar-refractivity contribution >= 4 is 11.9 Å². The van der Waals surface area contributed by atoms with E-state index in [2.05, 4.69) is 22.3 Å². The highest BCUT2D eigenvalue weighted by molar-refractivity contribution is 5.92. The van der Waals surface area contributed by atoms with Crippen molar-refractivity contribution in [3.05, 3.63) is 59.7 Å². The van der Waals surface area contributed by atoms with Crippen molar-refractivity contribution in [1.82, 2.24) is 10.2 Å². The normalized spacial score (nSPS) is 16.2. The average Bonchev–Trinajstić information content (AvgIpc) is 2.82. The third-order valence-corrected chi connectivity index (χ3v) is 5.03. The van der Waals surface area contributed by atoms with Crippen molar-refractivity contribution in [1.29, 1.82) is 0 Å². The maximum absolute atomic E-state index is 12.3. The first-order valence-electron chi connectivity index (χ1n) is 10.7. The number of methoxy groups -OCH3 is 1. The molecule has 1 N–H and O–H groups in total. The Bertz CT molecular complexity index is 889. The summed E-state index contributed by atoms with van der Waals surface area (Å²) in [5.41, 5.74) is 1.53. The molecule has 32 heavy (non-hydrogen) atoms. The SMILES string of the molecule is CCOc1ccc(C(=O)OCC(=O)NC[C@@H]2CN(Cc3ccccc3)CCO2)cc1OC. The Morgan fingerprint density at radius 2 is 1.97 bits per heavy atom. The summed E-state index contributed by atoms with van der Waals surface area (Å²) in [4.78, 5) is 26.7. The highest BCUT2D eigenvalue weighted by Gasteiger charge is 2.21. The summed E-state index contributed by atoms with van der Waals surface area (Å²) < 4.78 is 21.6. The number of hydrogen-bond acceptors (Lipinski definition) is 7. The van der Waals surface area contributed by atoms with E-state index in [1.165, 1.54) is 18.7 Å². The van der Waals surface area contributed by atoms with Crippen LogP contribution in [0.3, 0.4) is 0 Å². The molecule has 1 atom stereocenters. The molecule has 1 saturated heterocycles. The first kappa shape index (κ1) is 23.6. The van der Waals surface area contributed by atoms with Crippen LogP contribution in [0, 0.1) is 0 Å². The molecule has 2 aromatic rings. The minimum absolute atomic E-state index is 0.109. The van der Waals surface area contributed by atoms with E-state index in [0.717, 1.165) is 19.6 Å². The van der Waals surface area contributed by atoms with Crippen LogP contribution in [0.1, 0.15) is 22.8 Å². The molecule has 0 spiro atoms. The summed E-state index contributed by atoms with van der Waals surface area (Å²) in [5.74, 6) is -0.0113. The van der Waals surface area contributed by atoms with Crippen molar-refractivity contribution in [2.24, 2.45) is 0 Å². The van der Waals surface area contributed by atoms with E-state index in [1.54, 1.807) is 12.1 Å². The van der Waals surface area contributed by atoms with Gasteiger partial charge < -0.3 is 24.3 Å². The molecule has 1 fully saturated rings. The van der Waals surface area contributed by atoms with Gasteiger partial charge in [-0.15, -0.1) is 0 Å². The number of hydrogen-bond donors (Lipinski definition) is 1. The van der Waals surface area contributed by atoms with Gasteiger partial charge in [-0.2, -0.15) is 0 Å². The second kappa shape index (κ2) is 12.1. The third-order valence-electron chi connectivity index (χ3n) is 5.03. The lowest BCUT2D eigenvalue weighted by atomic mass is 10.2. The standard InChI is InChI=1S/C24H30N2O6/c1-3-30-21-10-9-19(13-22(21)29-2)24(28)32-17-23(27)25-14-20-16-26(11-12-31-20)15-18-7-5-4-6-8-18/h4-10,13,20H,3,11-12,14-17H2,1-2H3,(H,25,27)/t20-/m1/s1. The maximum atomic E-state index is 12.3. The van der Waals surface area contributed by atoms with Crippen LogP contribution >= 0.6 is 0 Å². The van der Waals surface area contributed by atoms with Gasteiger partial charge in [0.1, 0.15) is 0 Å². The molecule has 172 valence electrons. The lowest BCUT2D eigenvalue weighted by Gasteiger charge is -2.33. The predicted molar refractivity (Wildman–Crippen MR) is 119 cm³/mol. The molecular formula is C24H30N2O6. The molecule has 0 aliphatic carbocycles. The summed E-state index contributed by atoms with van der Waals surface area (Å²) in [6.07, 6.45) is -0.109. The fourth-order valence-electron chi connectivity index (χ4n) is 3.45. The monoisotopic (exact) mass is 442 g/mol. The van der Waals surface area contributed by atoms with E-state index >= 15 is 0 Å². The third kappa shape index (κ3) is 6.96. The van der Waals surface area contributed by atoms with Gasteiger partial charge in [-0.3, -0.25) is 9.69 Å². The molecule has 0 aromatic heterocycles. The molecule has 0 radical (unpaired) electrons. The number of amides is 1. The van der Waals surface area contributed by atoms with Gasteiger partial charge in [0.25, 0.3) is 5.91 Å². The summed E-state index contributed by atoms with van der Waals surface area (Å²) in [5, 5.41) is 2.78. The molecule has 2 aromatic carbocycles. The number of morpholine rings is 1. The van der Waals surface area contributed by atoms with Crippen molar-refractivity contribution < 1.29 is 28.5 Å². The number of carbonyl (C=O) groups excluding carboxylic acids is 2. The first-order chi connectivity index (χ1) is 15.6. The number of esters is 1. The lowest BCUT2D eigenvalue weighted by molar-refractivity contribution is -0.125. The molecule has 0 saturated carbocycles. The Morgan fingerprint density at radius 3 is 2.72 bits per heavy atom. The molecular weight excluding hydrogens is 412 g/mol. The number of ether oxygens (including phenoxy) is 4. The van der Waals surface area contributed by atoms with Crippen LogP contribution in [-0.4, -0.2) is 69.4 Å². The smallest absolute Gasteiger partial charge is 0.338 e. The van der Waals surface area contributed by atoms with Crippen LogP contribution in [-0.2, 0) is 20.8 Å². The minimum atomic E-state index is -0.607. The summed E-state index contributed by atoms with van der Waals surface area (Å²) >= 11 is 0. The van der Waals surface area contributed by atoms with Crippen LogP contribution in [0.5, 0.6) is 11.5 Å². The molecule has 8 heteroatoms. The second-order valence-corrected chi connectivity index (χ2v) is 7.39. The van der Waals surface area contributed by atoms with E-state index in [-0.39, 0.29) is 24.2 Å². The zero-order valence-electron chi connectivity index (χ0n) is 18.5. The molecule has 1 heterocycles. The van der Waals surface area contributed by atoms with Crippen molar-refractivity contribution in [2.75, 3.05) is 46.6 Å². The van der Waals surface area contributed by atoms with Crippen LogP contribution in [0.4, 0.5) is 0 Å². The highest BCUT2D eigenvalue weighted by atomic mass is 16.5. The van der Waals surface area contributed by atoms with Crippen LogP contribution in [0.25, 0.3) is 0 Å². The summed E-state index contributed by atoms with van der Waals surface area (Å²) in [6.45, 7) is 5.37. The summed E-state index contributed by atoms with van der Waals surface area (Å²) in [7, 11) is 1.49. The largest absolute Gasteiger partial charge is 0.493 e. The van der Waals surface area contributed by atoms with Gasteiger partial charge >= 0.3 is 5.97 Å². The van der Waals surface area contributed by atoms with E-state index in [4.69, 9.17) is 18.9 Å². The van der Waals surface area contributed by atoms with Gasteiger partial charge in [0.15, 0.2) is 18.1 Å². The number of nitrogens with one attached hydrogen (secondary N) is 1. The number of nitrogens with zero attached hydrogens (tertiary/aromatic N) is 1. The summed E-state index contributed by atoms with van der Waals surface area (Å²) in [6, 6.07) is 15.0. The molecule has 0 unspecified atom stereocenters. The Morgan fingerprint density at radius 1 is 1.16 bits per heavy atom. The Labute approximate surface area is 188 Å². The van der Waals surface area contributed by atoms with Gasteiger partial charge in [-0.25, -0.2) is 4.79 Å². The molecule has 1 aliphatic heterocycles. The molecule has 1 aliphatic rings. The quantitative estimate of drug-likeness (QED) is 0.565. The van der Waals surface area contributed by atoms with Gasteiger partial charge in [0.2, 0.25) is 0 Å². The second-order valence-electron chi connectivity index (χ2n) is 7.39. The number of carbonyl (C=O) groups is 2. The highest BCUT2D eigenvalue weighted by Crippen LogP contribution is 2.28. The van der Waals surface area contributed by atoms with Gasteiger partial charge in [-0.1, -0.05) is 30.3 Å². The molecule has 8 nitrogen and oxygen atoms in total. The van der Waals surface area contributed by atoms with Crippen molar-refractivity contribution in [3.63, 3.8) is 0 Å². The minimum Gasteiger partial charge on any atom is -0.493 e. The zero-order valence-corrected chi connectivity index (χ0v) is 18.5. The van der Waals surface area contributed by atoms with Crippen LogP contribution in [0.15, 0.2) is 48.5 Å². The molecule has 0 bridgehead atoms. The molecule has 1 amide bonds. The Kier molecular flexibility index (Phi) is 8.89. The van der Waals surface area contributed by atoms with E-state index < -0.39 is 5.97 Å². The van der Waals surface area contributed by atoms with Crippen LogP contribution in [0.2, 0.25) is 0 Å². The van der Waals surface area contributed by atoms with Gasteiger partial charge in [0.05, 0.1) is 32.0 Å². The van der Waals surface area contributed by atoms with E-state index in [1.807, 2.05) is 25.1 Å². The molecule has 3 rings (SSSR count). The number of benzene rings is 2. The average molecular weight is 443 g/mol.